The van der Waals surface area contributed by atoms with E-state index in [1.54, 1.807) is 36.4 Å². The van der Waals surface area contributed by atoms with Crippen molar-refractivity contribution in [1.29, 1.82) is 0 Å². The SMILES string of the molecule is CN1CCC(Nc2cccc3c2cc(C(=O)NNC(=O)CNc2ccccc2)n3C(F)C(F)F)CC1. The number of nitrogens with one attached hydrogen (secondary N) is 4. The molecule has 3 aromatic rings. The lowest BCUT2D eigenvalue weighted by molar-refractivity contribution is -0.120. The van der Waals surface area contributed by atoms with E-state index < -0.39 is 24.5 Å². The van der Waals surface area contributed by atoms with Crippen molar-refractivity contribution in [2.45, 2.75) is 31.6 Å². The molecule has 1 aromatic heterocycles. The van der Waals surface area contributed by atoms with Crippen molar-refractivity contribution >= 4 is 34.1 Å². The summed E-state index contributed by atoms with van der Waals surface area (Å²) in [5, 5.41) is 6.75. The predicted molar refractivity (Wildman–Crippen MR) is 133 cm³/mol. The average molecular weight is 503 g/mol. The van der Waals surface area contributed by atoms with Crippen LogP contribution in [0.4, 0.5) is 24.5 Å². The van der Waals surface area contributed by atoms with Gasteiger partial charge in [-0.1, -0.05) is 24.3 Å². The van der Waals surface area contributed by atoms with Crippen LogP contribution in [0.1, 0.15) is 29.6 Å². The maximum absolute atomic E-state index is 14.7. The van der Waals surface area contributed by atoms with Crippen LogP contribution in [0, 0.1) is 0 Å². The molecule has 0 spiro atoms. The van der Waals surface area contributed by atoms with Gasteiger partial charge in [0.05, 0.1) is 12.1 Å². The largest absolute Gasteiger partial charge is 0.382 e. The highest BCUT2D eigenvalue weighted by Gasteiger charge is 2.29. The summed E-state index contributed by atoms with van der Waals surface area (Å²) >= 11 is 0. The fourth-order valence-corrected chi connectivity index (χ4v) is 4.28. The molecule has 1 saturated heterocycles. The fraction of sp³-hybridized carbons (Fsp3) is 0.360. The van der Waals surface area contributed by atoms with E-state index in [0.717, 1.165) is 25.9 Å². The van der Waals surface area contributed by atoms with Crippen molar-refractivity contribution in [1.82, 2.24) is 20.3 Å². The molecule has 4 N–H and O–H groups in total. The summed E-state index contributed by atoms with van der Waals surface area (Å²) in [6.45, 7) is 1.69. The molecule has 1 atom stereocenters. The summed E-state index contributed by atoms with van der Waals surface area (Å²) in [6, 6.07) is 15.4. The third-order valence-electron chi connectivity index (χ3n) is 6.19. The lowest BCUT2D eigenvalue weighted by Crippen LogP contribution is -2.44. The van der Waals surface area contributed by atoms with Crippen molar-refractivity contribution in [3.63, 3.8) is 0 Å². The first-order valence-corrected chi connectivity index (χ1v) is 11.7. The summed E-state index contributed by atoms with van der Waals surface area (Å²) in [7, 11) is 2.05. The Morgan fingerprint density at radius 2 is 1.72 bits per heavy atom. The van der Waals surface area contributed by atoms with Gasteiger partial charge in [-0.2, -0.15) is 0 Å². The quantitative estimate of drug-likeness (QED) is 0.353. The average Bonchev–Trinajstić information content (AvgIpc) is 3.28. The number of para-hydroxylation sites is 1. The summed E-state index contributed by atoms with van der Waals surface area (Å²) in [4.78, 5) is 27.2. The number of amides is 2. The zero-order valence-corrected chi connectivity index (χ0v) is 19.8. The molecular weight excluding hydrogens is 473 g/mol. The van der Waals surface area contributed by atoms with E-state index >= 15 is 0 Å². The Kier molecular flexibility index (Phi) is 7.99. The molecular formula is C25H29F3N6O2. The monoisotopic (exact) mass is 502 g/mol. The minimum absolute atomic E-state index is 0.138. The normalized spacial score (nSPS) is 15.6. The van der Waals surface area contributed by atoms with E-state index in [-0.39, 0.29) is 23.8 Å². The number of likely N-dealkylation sites (tertiary alicyclic amines) is 1. The first kappa shape index (κ1) is 25.4. The predicted octanol–water partition coefficient (Wildman–Crippen LogP) is 3.75. The number of rotatable bonds is 8. The van der Waals surface area contributed by atoms with Gasteiger partial charge in [-0.15, -0.1) is 0 Å². The molecule has 1 aliphatic rings. The molecule has 0 bridgehead atoms. The first-order valence-electron chi connectivity index (χ1n) is 11.7. The number of hydrazine groups is 1. The second-order valence-electron chi connectivity index (χ2n) is 8.79. The number of hydrogen-bond donors (Lipinski definition) is 4. The summed E-state index contributed by atoms with van der Waals surface area (Å²) in [5.74, 6) is -1.47. The van der Waals surface area contributed by atoms with E-state index in [1.165, 1.54) is 12.1 Å². The molecule has 0 saturated carbocycles. The Morgan fingerprint density at radius 3 is 2.42 bits per heavy atom. The molecule has 2 heterocycles. The van der Waals surface area contributed by atoms with Crippen molar-refractivity contribution in [3.8, 4) is 0 Å². The number of piperidine rings is 1. The van der Waals surface area contributed by atoms with Crippen LogP contribution in [0.2, 0.25) is 0 Å². The number of carbonyl (C=O) groups is 2. The van der Waals surface area contributed by atoms with E-state index in [0.29, 0.717) is 21.3 Å². The van der Waals surface area contributed by atoms with Gasteiger partial charge in [-0.05, 0) is 63.3 Å². The lowest BCUT2D eigenvalue weighted by Gasteiger charge is -2.30. The van der Waals surface area contributed by atoms with Gasteiger partial charge < -0.3 is 20.1 Å². The standard InChI is InChI=1S/C25H29F3N6O2/c1-33-12-10-17(11-13-33)30-19-8-5-9-20-18(19)14-21(34(20)24(28)23(26)27)25(36)32-31-22(35)15-29-16-6-3-2-4-7-16/h2-9,14,17,23-24,29-30H,10-13,15H2,1H3,(H,31,35)(H,32,36). The maximum atomic E-state index is 14.7. The second kappa shape index (κ2) is 11.3. The molecule has 1 fully saturated rings. The van der Waals surface area contributed by atoms with E-state index in [1.807, 2.05) is 13.1 Å². The molecule has 0 aliphatic carbocycles. The Balaban J connectivity index is 1.52. The highest BCUT2D eigenvalue weighted by molar-refractivity contribution is 6.03. The number of nitrogens with zero attached hydrogens (tertiary/aromatic N) is 2. The van der Waals surface area contributed by atoms with E-state index in [2.05, 4.69) is 26.4 Å². The van der Waals surface area contributed by atoms with Gasteiger partial charge >= 0.3 is 0 Å². The number of carbonyl (C=O) groups excluding carboxylic acids is 2. The van der Waals surface area contributed by atoms with Crippen molar-refractivity contribution in [2.75, 3.05) is 37.3 Å². The zero-order valence-electron chi connectivity index (χ0n) is 19.8. The third-order valence-corrected chi connectivity index (χ3v) is 6.19. The molecule has 2 amide bonds. The molecule has 1 aliphatic heterocycles. The number of fused-ring (bicyclic) bond motifs is 1. The number of benzene rings is 2. The molecule has 192 valence electrons. The third kappa shape index (κ3) is 5.91. The van der Waals surface area contributed by atoms with Crippen LogP contribution in [0.3, 0.4) is 0 Å². The topological polar surface area (TPSA) is 90.4 Å². The van der Waals surface area contributed by atoms with Crippen LogP contribution in [0.15, 0.2) is 54.6 Å². The smallest absolute Gasteiger partial charge is 0.288 e. The van der Waals surface area contributed by atoms with Crippen LogP contribution >= 0.6 is 0 Å². The van der Waals surface area contributed by atoms with Crippen LogP contribution in [-0.2, 0) is 4.79 Å². The van der Waals surface area contributed by atoms with Crippen LogP contribution in [0.25, 0.3) is 10.9 Å². The first-order chi connectivity index (χ1) is 17.3. The summed E-state index contributed by atoms with van der Waals surface area (Å²) in [6.07, 6.45) is -4.29. The Labute approximate surface area is 206 Å². The summed E-state index contributed by atoms with van der Waals surface area (Å²) in [5.41, 5.74) is 5.60. The molecule has 2 aromatic carbocycles. The van der Waals surface area contributed by atoms with Gasteiger partial charge in [0, 0.05) is 22.8 Å². The van der Waals surface area contributed by atoms with Crippen LogP contribution in [0.5, 0.6) is 0 Å². The fourth-order valence-electron chi connectivity index (χ4n) is 4.28. The lowest BCUT2D eigenvalue weighted by atomic mass is 10.0. The molecule has 0 radical (unpaired) electrons. The number of anilines is 2. The van der Waals surface area contributed by atoms with Gasteiger partial charge in [-0.3, -0.25) is 20.4 Å². The number of halogens is 3. The zero-order chi connectivity index (χ0) is 25.7. The van der Waals surface area contributed by atoms with Crippen LogP contribution in [-0.4, -0.2) is 60.4 Å². The Morgan fingerprint density at radius 1 is 1.00 bits per heavy atom. The number of alkyl halides is 3. The summed E-state index contributed by atoms with van der Waals surface area (Å²) < 4.78 is 42.2. The van der Waals surface area contributed by atoms with E-state index in [9.17, 15) is 22.8 Å². The van der Waals surface area contributed by atoms with Gasteiger partial charge in [0.25, 0.3) is 18.2 Å². The van der Waals surface area contributed by atoms with Gasteiger partial charge in [-0.25, -0.2) is 13.2 Å². The molecule has 11 heteroatoms. The van der Waals surface area contributed by atoms with Crippen molar-refractivity contribution in [2.24, 2.45) is 0 Å². The van der Waals surface area contributed by atoms with Crippen LogP contribution < -0.4 is 21.5 Å². The van der Waals surface area contributed by atoms with Crippen molar-refractivity contribution < 1.29 is 22.8 Å². The highest BCUT2D eigenvalue weighted by Crippen LogP contribution is 2.33. The maximum Gasteiger partial charge on any atom is 0.288 e. The van der Waals surface area contributed by atoms with Gasteiger partial charge in [0.15, 0.2) is 0 Å². The number of hydrogen-bond acceptors (Lipinski definition) is 5. The minimum Gasteiger partial charge on any atom is -0.382 e. The number of aromatic nitrogens is 1. The molecule has 8 nitrogen and oxygen atoms in total. The van der Waals surface area contributed by atoms with Gasteiger partial charge in [0.1, 0.15) is 5.69 Å². The van der Waals surface area contributed by atoms with E-state index in [4.69, 9.17) is 0 Å². The second-order valence-corrected chi connectivity index (χ2v) is 8.79. The Bertz CT molecular complexity index is 1200. The van der Waals surface area contributed by atoms with Crippen molar-refractivity contribution in [3.05, 3.63) is 60.3 Å². The highest BCUT2D eigenvalue weighted by atomic mass is 19.3. The van der Waals surface area contributed by atoms with Gasteiger partial charge in [0.2, 0.25) is 6.30 Å². The molecule has 4 rings (SSSR count). The minimum atomic E-state index is -3.35. The molecule has 1 unspecified atom stereocenters. The molecule has 36 heavy (non-hydrogen) atoms. The Hall–Kier alpha value is -3.73.